The van der Waals surface area contributed by atoms with Gasteiger partial charge in [-0.2, -0.15) is 0 Å². The molecule has 2 aromatic carbocycles. The molecule has 0 aromatic heterocycles. The van der Waals surface area contributed by atoms with E-state index in [1.165, 1.54) is 18.1 Å². The number of nitrogens with zero attached hydrogens (tertiary/aromatic N) is 1. The molecule has 0 radical (unpaired) electrons. The zero-order valence-electron chi connectivity index (χ0n) is 16.5. The number of benzene rings is 2. The Morgan fingerprint density at radius 2 is 1.44 bits per heavy atom. The fraction of sp³-hybridized carbons (Fsp3) is 0.435. The van der Waals surface area contributed by atoms with E-state index in [1.807, 2.05) is 36.4 Å². The summed E-state index contributed by atoms with van der Waals surface area (Å²) in [5.41, 5.74) is 2.39. The van der Waals surface area contributed by atoms with Crippen molar-refractivity contribution in [1.82, 2.24) is 4.90 Å². The number of hydrogen-bond donors (Lipinski definition) is 1. The van der Waals surface area contributed by atoms with Crippen LogP contribution in [0.15, 0.2) is 60.7 Å². The van der Waals surface area contributed by atoms with Gasteiger partial charge in [-0.1, -0.05) is 74.5 Å². The summed E-state index contributed by atoms with van der Waals surface area (Å²) < 4.78 is 5.10. The minimum Gasteiger partial charge on any atom is -0.463 e. The number of esters is 1. The number of ether oxygens (including phenoxy) is 1. The molecule has 0 unspecified atom stereocenters. The monoisotopic (exact) mass is 369 g/mol. The van der Waals surface area contributed by atoms with E-state index in [1.54, 1.807) is 0 Å². The van der Waals surface area contributed by atoms with Crippen LogP contribution in [-0.4, -0.2) is 34.7 Å². The SMILES string of the molecule is CC(=O)OC[C@@H](O)[C@@H](CC(C)C)N(Cc1ccccc1)Cc1ccccc1. The highest BCUT2D eigenvalue weighted by molar-refractivity contribution is 5.65. The quantitative estimate of drug-likeness (QED) is 0.643. The van der Waals surface area contributed by atoms with Crippen LogP contribution in [0.3, 0.4) is 0 Å². The number of carbonyl (C=O) groups excluding carboxylic acids is 1. The van der Waals surface area contributed by atoms with Crippen LogP contribution >= 0.6 is 0 Å². The van der Waals surface area contributed by atoms with Crippen LogP contribution in [0.25, 0.3) is 0 Å². The van der Waals surface area contributed by atoms with E-state index < -0.39 is 6.10 Å². The summed E-state index contributed by atoms with van der Waals surface area (Å²) in [5, 5.41) is 10.8. The number of aliphatic hydroxyl groups is 1. The molecule has 2 rings (SSSR count). The Balaban J connectivity index is 2.24. The van der Waals surface area contributed by atoms with E-state index in [0.717, 1.165) is 19.5 Å². The standard InChI is InChI=1S/C23H31NO3/c1-18(2)14-22(23(26)17-27-19(3)25)24(15-20-10-6-4-7-11-20)16-21-12-8-5-9-13-21/h4-13,18,22-23,26H,14-17H2,1-3H3/t22-,23-/m1/s1. The summed E-state index contributed by atoms with van der Waals surface area (Å²) in [6.07, 6.45) is 0.0889. The average Bonchev–Trinajstić information content (AvgIpc) is 2.65. The topological polar surface area (TPSA) is 49.8 Å². The van der Waals surface area contributed by atoms with Crippen molar-refractivity contribution in [1.29, 1.82) is 0 Å². The predicted octanol–water partition coefficient (Wildman–Crippen LogP) is 4.03. The van der Waals surface area contributed by atoms with Gasteiger partial charge in [0.05, 0.1) is 0 Å². The first-order chi connectivity index (χ1) is 13.0. The molecule has 0 aliphatic carbocycles. The lowest BCUT2D eigenvalue weighted by atomic mass is 9.96. The Bertz CT molecular complexity index is 631. The van der Waals surface area contributed by atoms with Crippen molar-refractivity contribution in [3.8, 4) is 0 Å². The fourth-order valence-electron chi connectivity index (χ4n) is 3.27. The molecule has 27 heavy (non-hydrogen) atoms. The Morgan fingerprint density at radius 1 is 0.963 bits per heavy atom. The highest BCUT2D eigenvalue weighted by atomic mass is 16.5. The third-order valence-electron chi connectivity index (χ3n) is 4.54. The minimum atomic E-state index is -0.733. The van der Waals surface area contributed by atoms with Crippen molar-refractivity contribution < 1.29 is 14.6 Å². The highest BCUT2D eigenvalue weighted by Gasteiger charge is 2.28. The Kier molecular flexibility index (Phi) is 8.49. The molecule has 0 heterocycles. The van der Waals surface area contributed by atoms with Gasteiger partial charge >= 0.3 is 5.97 Å². The number of rotatable bonds is 10. The molecule has 0 fully saturated rings. The van der Waals surface area contributed by atoms with Gasteiger partial charge in [-0.3, -0.25) is 9.69 Å². The maximum absolute atomic E-state index is 11.2. The summed E-state index contributed by atoms with van der Waals surface area (Å²) in [6.45, 7) is 7.14. The minimum absolute atomic E-state index is 0.0206. The van der Waals surface area contributed by atoms with Crippen LogP contribution in [0, 0.1) is 5.92 Å². The van der Waals surface area contributed by atoms with Gasteiger partial charge in [-0.25, -0.2) is 0 Å². The van der Waals surface area contributed by atoms with Gasteiger partial charge in [0.15, 0.2) is 0 Å². The second-order valence-corrected chi connectivity index (χ2v) is 7.44. The second kappa shape index (κ2) is 10.9. The second-order valence-electron chi connectivity index (χ2n) is 7.44. The summed E-state index contributed by atoms with van der Waals surface area (Å²) in [4.78, 5) is 13.5. The maximum atomic E-state index is 11.2. The number of aliphatic hydroxyl groups excluding tert-OH is 1. The third kappa shape index (κ3) is 7.53. The van der Waals surface area contributed by atoms with Gasteiger partial charge in [0, 0.05) is 26.1 Å². The van der Waals surface area contributed by atoms with Crippen LogP contribution in [0.5, 0.6) is 0 Å². The lowest BCUT2D eigenvalue weighted by Crippen LogP contribution is -2.46. The summed E-state index contributed by atoms with van der Waals surface area (Å²) in [5.74, 6) is 0.0473. The van der Waals surface area contributed by atoms with Crippen molar-refractivity contribution in [3.05, 3.63) is 71.8 Å². The van der Waals surface area contributed by atoms with Crippen LogP contribution in [0.1, 0.15) is 38.3 Å². The fourth-order valence-corrected chi connectivity index (χ4v) is 3.27. The number of carbonyl (C=O) groups is 1. The first-order valence-electron chi connectivity index (χ1n) is 9.59. The van der Waals surface area contributed by atoms with Crippen LogP contribution in [-0.2, 0) is 22.6 Å². The van der Waals surface area contributed by atoms with Gasteiger partial charge in [0.2, 0.25) is 0 Å². The van der Waals surface area contributed by atoms with E-state index in [2.05, 4.69) is 43.0 Å². The van der Waals surface area contributed by atoms with E-state index in [9.17, 15) is 9.90 Å². The molecule has 0 saturated carbocycles. The maximum Gasteiger partial charge on any atom is 0.302 e. The molecular formula is C23H31NO3. The van der Waals surface area contributed by atoms with Gasteiger partial charge in [-0.15, -0.1) is 0 Å². The molecule has 2 atom stereocenters. The van der Waals surface area contributed by atoms with E-state index in [4.69, 9.17) is 4.74 Å². The van der Waals surface area contributed by atoms with Crippen molar-refractivity contribution in [2.45, 2.75) is 52.4 Å². The highest BCUT2D eigenvalue weighted by Crippen LogP contribution is 2.21. The Hall–Kier alpha value is -2.17. The molecule has 0 bridgehead atoms. The molecule has 0 spiro atoms. The third-order valence-corrected chi connectivity index (χ3v) is 4.54. The summed E-state index contributed by atoms with van der Waals surface area (Å²) >= 11 is 0. The zero-order valence-corrected chi connectivity index (χ0v) is 16.5. The first kappa shape index (κ1) is 21.1. The summed E-state index contributed by atoms with van der Waals surface area (Å²) in [7, 11) is 0. The van der Waals surface area contributed by atoms with E-state index in [0.29, 0.717) is 5.92 Å². The first-order valence-corrected chi connectivity index (χ1v) is 9.59. The lowest BCUT2D eigenvalue weighted by Gasteiger charge is -2.36. The average molecular weight is 370 g/mol. The predicted molar refractivity (Wildman–Crippen MR) is 108 cm³/mol. The van der Waals surface area contributed by atoms with Gasteiger partial charge < -0.3 is 9.84 Å². The van der Waals surface area contributed by atoms with Crippen molar-refractivity contribution in [3.63, 3.8) is 0 Å². The molecule has 0 amide bonds. The van der Waals surface area contributed by atoms with Crippen LogP contribution in [0.2, 0.25) is 0 Å². The Labute approximate surface area is 162 Å². The van der Waals surface area contributed by atoms with Gasteiger partial charge in [0.25, 0.3) is 0 Å². The molecular weight excluding hydrogens is 338 g/mol. The molecule has 0 aliphatic heterocycles. The molecule has 1 N–H and O–H groups in total. The van der Waals surface area contributed by atoms with Crippen LogP contribution in [0.4, 0.5) is 0 Å². The molecule has 0 saturated heterocycles. The van der Waals surface area contributed by atoms with E-state index in [-0.39, 0.29) is 18.6 Å². The number of hydrogen-bond acceptors (Lipinski definition) is 4. The smallest absolute Gasteiger partial charge is 0.302 e. The normalized spacial score (nSPS) is 13.6. The molecule has 2 aromatic rings. The molecule has 4 heteroatoms. The molecule has 146 valence electrons. The van der Waals surface area contributed by atoms with Crippen molar-refractivity contribution in [2.24, 2.45) is 5.92 Å². The summed E-state index contributed by atoms with van der Waals surface area (Å²) in [6, 6.07) is 20.4. The van der Waals surface area contributed by atoms with Gasteiger partial charge in [-0.05, 0) is 23.5 Å². The largest absolute Gasteiger partial charge is 0.463 e. The van der Waals surface area contributed by atoms with Crippen molar-refractivity contribution in [2.75, 3.05) is 6.61 Å². The van der Waals surface area contributed by atoms with Gasteiger partial charge in [0.1, 0.15) is 12.7 Å². The van der Waals surface area contributed by atoms with Crippen molar-refractivity contribution >= 4 is 5.97 Å². The van der Waals surface area contributed by atoms with E-state index >= 15 is 0 Å². The Morgan fingerprint density at radius 3 is 1.85 bits per heavy atom. The zero-order chi connectivity index (χ0) is 19.6. The molecule has 0 aliphatic rings. The van der Waals surface area contributed by atoms with Crippen LogP contribution < -0.4 is 0 Å². The lowest BCUT2D eigenvalue weighted by molar-refractivity contribution is -0.145. The molecule has 4 nitrogen and oxygen atoms in total.